The molecule has 0 aliphatic carbocycles. The van der Waals surface area contributed by atoms with Gasteiger partial charge >= 0.3 is 0 Å². The van der Waals surface area contributed by atoms with Crippen molar-refractivity contribution in [1.82, 2.24) is 0 Å². The van der Waals surface area contributed by atoms with Crippen molar-refractivity contribution in [3.8, 4) is 5.75 Å². The molecule has 0 spiro atoms. The molecule has 0 aliphatic heterocycles. The van der Waals surface area contributed by atoms with Gasteiger partial charge in [-0.15, -0.1) is 11.6 Å². The molecule has 0 bridgehead atoms. The molecule has 0 radical (unpaired) electrons. The number of amides is 2. The van der Waals surface area contributed by atoms with Gasteiger partial charge in [0.2, 0.25) is 5.91 Å². The number of methoxy groups -OCH3 is 1. The van der Waals surface area contributed by atoms with Gasteiger partial charge in [-0.1, -0.05) is 24.3 Å². The van der Waals surface area contributed by atoms with Gasteiger partial charge in [0.1, 0.15) is 11.6 Å². The van der Waals surface area contributed by atoms with E-state index in [0.29, 0.717) is 22.7 Å². The Hall–Kier alpha value is -2.53. The normalized spacial score (nSPS) is 9.91. The number of anilines is 2. The molecule has 0 fully saturated rings. The van der Waals surface area contributed by atoms with Gasteiger partial charge in [0.25, 0.3) is 5.91 Å². The second-order valence-corrected chi connectivity index (χ2v) is 4.65. The highest BCUT2D eigenvalue weighted by Crippen LogP contribution is 2.25. The van der Waals surface area contributed by atoms with E-state index in [1.165, 1.54) is 7.11 Å². The van der Waals surface area contributed by atoms with Gasteiger partial charge in [0.15, 0.2) is 0 Å². The van der Waals surface area contributed by atoms with Crippen molar-refractivity contribution in [3.63, 3.8) is 0 Å². The highest BCUT2D eigenvalue weighted by atomic mass is 35.5. The standard InChI is InChI=1S/C16H15ClN2O3/c1-22-14-9-5-4-8-13(14)19-16(21)11-6-2-3-7-12(11)18-15(20)10-17/h2-9H,10H2,1H3,(H,18,20)(H,19,21). The lowest BCUT2D eigenvalue weighted by atomic mass is 10.1. The van der Waals surface area contributed by atoms with Gasteiger partial charge in [-0.25, -0.2) is 0 Å². The highest BCUT2D eigenvalue weighted by molar-refractivity contribution is 6.29. The average molecular weight is 319 g/mol. The summed E-state index contributed by atoms with van der Waals surface area (Å²) in [6.07, 6.45) is 0. The van der Waals surface area contributed by atoms with Crippen molar-refractivity contribution in [1.29, 1.82) is 0 Å². The first kappa shape index (κ1) is 15.9. The number of halogens is 1. The molecule has 0 heterocycles. The van der Waals surface area contributed by atoms with E-state index in [-0.39, 0.29) is 17.7 Å². The maximum absolute atomic E-state index is 12.4. The molecule has 22 heavy (non-hydrogen) atoms. The Labute approximate surface area is 133 Å². The molecular weight excluding hydrogens is 304 g/mol. The van der Waals surface area contributed by atoms with E-state index in [0.717, 1.165) is 0 Å². The molecule has 0 saturated carbocycles. The maximum atomic E-state index is 12.4. The van der Waals surface area contributed by atoms with Crippen LogP contribution in [0, 0.1) is 0 Å². The zero-order valence-electron chi connectivity index (χ0n) is 11.9. The lowest BCUT2D eigenvalue weighted by Gasteiger charge is -2.12. The van der Waals surface area contributed by atoms with Crippen LogP contribution in [-0.4, -0.2) is 24.8 Å². The van der Waals surface area contributed by atoms with Gasteiger partial charge in [-0.2, -0.15) is 0 Å². The van der Waals surface area contributed by atoms with Gasteiger partial charge in [0.05, 0.1) is 24.0 Å². The summed E-state index contributed by atoms with van der Waals surface area (Å²) < 4.78 is 5.19. The van der Waals surface area contributed by atoms with Crippen LogP contribution in [0.3, 0.4) is 0 Å². The number of para-hydroxylation sites is 3. The predicted octanol–water partition coefficient (Wildman–Crippen LogP) is 3.12. The number of ether oxygens (including phenoxy) is 1. The SMILES string of the molecule is COc1ccccc1NC(=O)c1ccccc1NC(=O)CCl. The number of hydrogen-bond acceptors (Lipinski definition) is 3. The maximum Gasteiger partial charge on any atom is 0.257 e. The van der Waals surface area contributed by atoms with E-state index in [4.69, 9.17) is 16.3 Å². The zero-order chi connectivity index (χ0) is 15.9. The third kappa shape index (κ3) is 3.77. The summed E-state index contributed by atoms with van der Waals surface area (Å²) in [6.45, 7) is 0. The van der Waals surface area contributed by atoms with E-state index in [2.05, 4.69) is 10.6 Å². The molecule has 0 aliphatic rings. The van der Waals surface area contributed by atoms with Crippen LogP contribution in [-0.2, 0) is 4.79 Å². The number of benzene rings is 2. The van der Waals surface area contributed by atoms with Gasteiger partial charge in [-0.05, 0) is 24.3 Å². The molecule has 114 valence electrons. The Morgan fingerprint density at radius 1 is 1.00 bits per heavy atom. The summed E-state index contributed by atoms with van der Waals surface area (Å²) in [5.41, 5.74) is 1.29. The zero-order valence-corrected chi connectivity index (χ0v) is 12.7. The lowest BCUT2D eigenvalue weighted by Crippen LogP contribution is -2.19. The number of carbonyl (C=O) groups is 2. The first-order valence-corrected chi connectivity index (χ1v) is 7.08. The summed E-state index contributed by atoms with van der Waals surface area (Å²) >= 11 is 5.47. The first-order chi connectivity index (χ1) is 10.7. The molecule has 6 heteroatoms. The Balaban J connectivity index is 2.24. The molecule has 2 aromatic carbocycles. The first-order valence-electron chi connectivity index (χ1n) is 6.55. The summed E-state index contributed by atoms with van der Waals surface area (Å²) in [7, 11) is 1.53. The Kier molecular flexibility index (Phi) is 5.38. The minimum Gasteiger partial charge on any atom is -0.495 e. The Bertz CT molecular complexity index is 689. The Morgan fingerprint density at radius 2 is 1.64 bits per heavy atom. The summed E-state index contributed by atoms with van der Waals surface area (Å²) in [6, 6.07) is 13.8. The van der Waals surface area contributed by atoms with Crippen molar-refractivity contribution in [2.24, 2.45) is 0 Å². The molecule has 2 rings (SSSR count). The number of carbonyl (C=O) groups excluding carboxylic acids is 2. The predicted molar refractivity (Wildman–Crippen MR) is 86.7 cm³/mol. The van der Waals surface area contributed by atoms with Crippen molar-refractivity contribution in [3.05, 3.63) is 54.1 Å². The highest BCUT2D eigenvalue weighted by Gasteiger charge is 2.14. The fourth-order valence-corrected chi connectivity index (χ4v) is 1.98. The van der Waals surface area contributed by atoms with Crippen LogP contribution in [0.25, 0.3) is 0 Å². The van der Waals surface area contributed by atoms with E-state index < -0.39 is 0 Å². The molecule has 0 unspecified atom stereocenters. The van der Waals surface area contributed by atoms with E-state index in [9.17, 15) is 9.59 Å². The quantitative estimate of drug-likeness (QED) is 0.832. The summed E-state index contributed by atoms with van der Waals surface area (Å²) in [5, 5.41) is 5.35. The second-order valence-electron chi connectivity index (χ2n) is 4.38. The lowest BCUT2D eigenvalue weighted by molar-refractivity contribution is -0.113. The topological polar surface area (TPSA) is 67.4 Å². The van der Waals surface area contributed by atoms with Crippen molar-refractivity contribution in [2.45, 2.75) is 0 Å². The van der Waals surface area contributed by atoms with Crippen LogP contribution in [0.4, 0.5) is 11.4 Å². The van der Waals surface area contributed by atoms with Crippen LogP contribution in [0.2, 0.25) is 0 Å². The summed E-state index contributed by atoms with van der Waals surface area (Å²) in [5.74, 6) is -0.352. The second kappa shape index (κ2) is 7.47. The van der Waals surface area contributed by atoms with Crippen molar-refractivity contribution < 1.29 is 14.3 Å². The monoisotopic (exact) mass is 318 g/mol. The van der Waals surface area contributed by atoms with Crippen LogP contribution in [0.15, 0.2) is 48.5 Å². The molecular formula is C16H15ClN2O3. The van der Waals surface area contributed by atoms with Crippen LogP contribution in [0.1, 0.15) is 10.4 Å². The van der Waals surface area contributed by atoms with Crippen molar-refractivity contribution in [2.75, 3.05) is 23.6 Å². The smallest absolute Gasteiger partial charge is 0.257 e. The van der Waals surface area contributed by atoms with Crippen LogP contribution < -0.4 is 15.4 Å². The molecule has 5 nitrogen and oxygen atoms in total. The van der Waals surface area contributed by atoms with Gasteiger partial charge < -0.3 is 15.4 Å². The van der Waals surface area contributed by atoms with Crippen molar-refractivity contribution >= 4 is 34.8 Å². The van der Waals surface area contributed by atoms with Crippen LogP contribution >= 0.6 is 11.6 Å². The fourth-order valence-electron chi connectivity index (χ4n) is 1.91. The van der Waals surface area contributed by atoms with E-state index in [1.54, 1.807) is 42.5 Å². The minimum absolute atomic E-state index is 0.178. The van der Waals surface area contributed by atoms with E-state index in [1.807, 2.05) is 6.07 Å². The number of hydrogen-bond donors (Lipinski definition) is 2. The number of rotatable bonds is 5. The van der Waals surface area contributed by atoms with Gasteiger partial charge in [-0.3, -0.25) is 9.59 Å². The number of nitrogens with one attached hydrogen (secondary N) is 2. The molecule has 0 saturated heterocycles. The largest absolute Gasteiger partial charge is 0.495 e. The van der Waals surface area contributed by atoms with E-state index >= 15 is 0 Å². The molecule has 2 aromatic rings. The van der Waals surface area contributed by atoms with Gasteiger partial charge in [0, 0.05) is 0 Å². The molecule has 2 amide bonds. The Morgan fingerprint density at radius 3 is 2.32 bits per heavy atom. The van der Waals surface area contributed by atoms with Crippen LogP contribution in [0.5, 0.6) is 5.75 Å². The third-order valence-electron chi connectivity index (χ3n) is 2.92. The molecule has 0 aromatic heterocycles. The third-order valence-corrected chi connectivity index (χ3v) is 3.17. The molecule has 2 N–H and O–H groups in total. The summed E-state index contributed by atoms with van der Waals surface area (Å²) in [4.78, 5) is 23.8. The fraction of sp³-hybridized carbons (Fsp3) is 0.125. The minimum atomic E-state index is -0.376. The average Bonchev–Trinajstić information content (AvgIpc) is 2.55. The number of alkyl halides is 1. The molecule has 0 atom stereocenters.